The van der Waals surface area contributed by atoms with Crippen molar-refractivity contribution in [3.63, 3.8) is 0 Å². The number of carbonyl (C=O) groups is 1. The van der Waals surface area contributed by atoms with Crippen LogP contribution >= 0.6 is 0 Å². The van der Waals surface area contributed by atoms with E-state index in [0.29, 0.717) is 0 Å². The molecule has 1 amide bonds. The van der Waals surface area contributed by atoms with E-state index in [1.165, 1.54) is 0 Å². The normalized spacial score (nSPS) is 20.0. The number of hydrogen-bond donors (Lipinski definition) is 2. The van der Waals surface area contributed by atoms with Gasteiger partial charge in [0, 0.05) is 26.2 Å². The summed E-state index contributed by atoms with van der Waals surface area (Å²) < 4.78 is 0. The Bertz CT molecular complexity index is 245. The van der Waals surface area contributed by atoms with E-state index in [0.717, 1.165) is 26.2 Å². The van der Waals surface area contributed by atoms with Gasteiger partial charge in [0.15, 0.2) is 0 Å². The first-order valence-electron chi connectivity index (χ1n) is 6.05. The highest BCUT2D eigenvalue weighted by molar-refractivity contribution is 5.82. The maximum Gasteiger partial charge on any atom is 0.230 e. The third-order valence-electron chi connectivity index (χ3n) is 3.33. The van der Waals surface area contributed by atoms with Crippen LogP contribution < -0.4 is 5.32 Å². The Balaban J connectivity index is 2.70. The molecule has 1 atom stereocenters. The quantitative estimate of drug-likeness (QED) is 0.738. The van der Waals surface area contributed by atoms with E-state index in [-0.39, 0.29) is 11.8 Å². The fourth-order valence-corrected chi connectivity index (χ4v) is 2.24. The van der Waals surface area contributed by atoms with Gasteiger partial charge in [0.05, 0.1) is 11.5 Å². The van der Waals surface area contributed by atoms with Crippen molar-refractivity contribution in [2.75, 3.05) is 26.2 Å². The first kappa shape index (κ1) is 13.5. The third-order valence-corrected chi connectivity index (χ3v) is 3.33. The number of hydrogen-bond acceptors (Lipinski definition) is 3. The molecule has 1 unspecified atom stereocenters. The topological polar surface area (TPSA) is 52.6 Å². The van der Waals surface area contributed by atoms with Gasteiger partial charge in [-0.25, -0.2) is 0 Å². The van der Waals surface area contributed by atoms with Crippen LogP contribution in [-0.4, -0.2) is 48.2 Å². The summed E-state index contributed by atoms with van der Waals surface area (Å²) >= 11 is 0. The predicted molar refractivity (Wildman–Crippen MR) is 64.1 cm³/mol. The maximum absolute atomic E-state index is 12.3. The molecule has 0 spiro atoms. The molecule has 0 aliphatic carbocycles. The molecule has 0 saturated carbocycles. The number of amides is 1. The molecule has 0 bridgehead atoms. The summed E-state index contributed by atoms with van der Waals surface area (Å²) in [6.45, 7) is 10.7. The lowest BCUT2D eigenvalue weighted by atomic mass is 9.79. The fraction of sp³-hybridized carbons (Fsp3) is 0.917. The number of piperazine rings is 1. The maximum atomic E-state index is 12.3. The van der Waals surface area contributed by atoms with E-state index >= 15 is 0 Å². The number of nitrogens with zero attached hydrogens (tertiary/aromatic N) is 1. The van der Waals surface area contributed by atoms with Crippen LogP contribution in [0.3, 0.4) is 0 Å². The Kier molecular flexibility index (Phi) is 4.33. The highest BCUT2D eigenvalue weighted by Crippen LogP contribution is 2.28. The standard InChI is InChI=1S/C12H24N2O2/c1-9(2)10(15)12(3,4)11(16)14-7-5-13-6-8-14/h9-10,13,15H,5-8H2,1-4H3. The van der Waals surface area contributed by atoms with Crippen molar-refractivity contribution in [1.82, 2.24) is 10.2 Å². The van der Waals surface area contributed by atoms with Crippen molar-refractivity contribution in [1.29, 1.82) is 0 Å². The number of rotatable bonds is 3. The van der Waals surface area contributed by atoms with Gasteiger partial charge >= 0.3 is 0 Å². The lowest BCUT2D eigenvalue weighted by Gasteiger charge is -2.38. The van der Waals surface area contributed by atoms with Crippen LogP contribution in [0.15, 0.2) is 0 Å². The van der Waals surface area contributed by atoms with Crippen molar-refractivity contribution < 1.29 is 9.90 Å². The van der Waals surface area contributed by atoms with E-state index in [4.69, 9.17) is 0 Å². The summed E-state index contributed by atoms with van der Waals surface area (Å²) in [5, 5.41) is 13.3. The number of nitrogens with one attached hydrogen (secondary N) is 1. The molecule has 16 heavy (non-hydrogen) atoms. The van der Waals surface area contributed by atoms with Gasteiger partial charge in [-0.2, -0.15) is 0 Å². The monoisotopic (exact) mass is 228 g/mol. The summed E-state index contributed by atoms with van der Waals surface area (Å²) in [4.78, 5) is 14.2. The molecule has 1 aliphatic heterocycles. The zero-order valence-electron chi connectivity index (χ0n) is 10.8. The Hall–Kier alpha value is -0.610. The lowest BCUT2D eigenvalue weighted by Crippen LogP contribution is -2.54. The minimum absolute atomic E-state index is 0.0650. The van der Waals surface area contributed by atoms with Crippen LogP contribution in [0.1, 0.15) is 27.7 Å². The molecule has 0 aromatic carbocycles. The molecule has 1 heterocycles. The molecule has 1 aliphatic rings. The molecular formula is C12H24N2O2. The zero-order chi connectivity index (χ0) is 12.3. The summed E-state index contributed by atoms with van der Waals surface area (Å²) in [5.41, 5.74) is -0.689. The molecule has 1 rings (SSSR count). The van der Waals surface area contributed by atoms with Crippen LogP contribution in [0.2, 0.25) is 0 Å². The van der Waals surface area contributed by atoms with E-state index in [1.807, 2.05) is 32.6 Å². The predicted octanol–water partition coefficient (Wildman–Crippen LogP) is 0.461. The number of carbonyl (C=O) groups excluding carboxylic acids is 1. The molecular weight excluding hydrogens is 204 g/mol. The second kappa shape index (κ2) is 5.15. The average Bonchev–Trinajstić information content (AvgIpc) is 2.28. The highest BCUT2D eigenvalue weighted by Gasteiger charge is 2.40. The second-order valence-electron chi connectivity index (χ2n) is 5.45. The van der Waals surface area contributed by atoms with Gasteiger partial charge < -0.3 is 15.3 Å². The average molecular weight is 228 g/mol. The molecule has 2 N–H and O–H groups in total. The highest BCUT2D eigenvalue weighted by atomic mass is 16.3. The first-order valence-corrected chi connectivity index (χ1v) is 6.05. The van der Waals surface area contributed by atoms with E-state index in [9.17, 15) is 9.90 Å². The fourth-order valence-electron chi connectivity index (χ4n) is 2.24. The van der Waals surface area contributed by atoms with Crippen LogP contribution in [0.5, 0.6) is 0 Å². The minimum Gasteiger partial charge on any atom is -0.392 e. The first-order chi connectivity index (χ1) is 7.37. The molecule has 94 valence electrons. The molecule has 0 aromatic heterocycles. The van der Waals surface area contributed by atoms with E-state index < -0.39 is 11.5 Å². The van der Waals surface area contributed by atoms with Crippen LogP contribution in [0.25, 0.3) is 0 Å². The van der Waals surface area contributed by atoms with Crippen LogP contribution in [0.4, 0.5) is 0 Å². The van der Waals surface area contributed by atoms with Crippen molar-refractivity contribution in [2.45, 2.75) is 33.8 Å². The molecule has 4 nitrogen and oxygen atoms in total. The van der Waals surface area contributed by atoms with Gasteiger partial charge in [0.25, 0.3) is 0 Å². The van der Waals surface area contributed by atoms with Crippen LogP contribution in [-0.2, 0) is 4.79 Å². The van der Waals surface area contributed by atoms with Gasteiger partial charge in [0.2, 0.25) is 5.91 Å². The van der Waals surface area contributed by atoms with Crippen molar-refractivity contribution in [3.8, 4) is 0 Å². The van der Waals surface area contributed by atoms with E-state index in [2.05, 4.69) is 5.32 Å². The molecule has 1 saturated heterocycles. The van der Waals surface area contributed by atoms with Gasteiger partial charge in [0.1, 0.15) is 0 Å². The molecule has 0 radical (unpaired) electrons. The van der Waals surface area contributed by atoms with Crippen LogP contribution in [0, 0.1) is 11.3 Å². The lowest BCUT2D eigenvalue weighted by molar-refractivity contribution is -0.149. The molecule has 1 fully saturated rings. The van der Waals surface area contributed by atoms with E-state index in [1.54, 1.807) is 0 Å². The number of aliphatic hydroxyl groups excluding tert-OH is 1. The Morgan fingerprint density at radius 2 is 1.81 bits per heavy atom. The second-order valence-corrected chi connectivity index (χ2v) is 5.45. The summed E-state index contributed by atoms with van der Waals surface area (Å²) in [5.74, 6) is 0.164. The smallest absolute Gasteiger partial charge is 0.230 e. The van der Waals surface area contributed by atoms with Gasteiger partial charge in [-0.15, -0.1) is 0 Å². The third kappa shape index (κ3) is 2.74. The van der Waals surface area contributed by atoms with Gasteiger partial charge in [-0.3, -0.25) is 4.79 Å². The summed E-state index contributed by atoms with van der Waals surface area (Å²) in [7, 11) is 0. The summed E-state index contributed by atoms with van der Waals surface area (Å²) in [6, 6.07) is 0. The van der Waals surface area contributed by atoms with Crippen molar-refractivity contribution in [2.24, 2.45) is 11.3 Å². The Morgan fingerprint density at radius 1 is 1.31 bits per heavy atom. The largest absolute Gasteiger partial charge is 0.392 e. The molecule has 4 heteroatoms. The Morgan fingerprint density at radius 3 is 2.25 bits per heavy atom. The van der Waals surface area contributed by atoms with Crippen molar-refractivity contribution >= 4 is 5.91 Å². The Labute approximate surface area is 98.0 Å². The minimum atomic E-state index is -0.689. The van der Waals surface area contributed by atoms with Gasteiger partial charge in [-0.05, 0) is 19.8 Å². The number of aliphatic hydroxyl groups is 1. The SMILES string of the molecule is CC(C)C(O)C(C)(C)C(=O)N1CCNCC1. The van der Waals surface area contributed by atoms with Gasteiger partial charge in [-0.1, -0.05) is 13.8 Å². The zero-order valence-corrected chi connectivity index (χ0v) is 10.8. The summed E-state index contributed by atoms with van der Waals surface area (Å²) in [6.07, 6.45) is -0.588. The van der Waals surface area contributed by atoms with Crippen molar-refractivity contribution in [3.05, 3.63) is 0 Å². The molecule has 0 aromatic rings.